The normalized spacial score (nSPS) is 16.3. The lowest BCUT2D eigenvalue weighted by Gasteiger charge is -2.07. The van der Waals surface area contributed by atoms with Crippen LogP contribution in [0.15, 0.2) is 0 Å². The van der Waals surface area contributed by atoms with E-state index in [-0.39, 0.29) is 5.25 Å². The summed E-state index contributed by atoms with van der Waals surface area (Å²) >= 11 is 0.841. The Morgan fingerprint density at radius 3 is 2.60 bits per heavy atom. The molecule has 0 aromatic heterocycles. The van der Waals surface area contributed by atoms with E-state index in [4.69, 9.17) is 5.11 Å². The minimum Gasteiger partial charge on any atom is -0.478 e. The summed E-state index contributed by atoms with van der Waals surface area (Å²) in [5, 5.41) is 8.21. The van der Waals surface area contributed by atoms with Crippen LogP contribution in [0, 0.1) is 0 Å². The second kappa shape index (κ2) is 4.55. The Balaban J connectivity index is 3.56. The summed E-state index contributed by atoms with van der Waals surface area (Å²) in [6.07, 6.45) is 0.790. The molecule has 0 saturated heterocycles. The summed E-state index contributed by atoms with van der Waals surface area (Å²) < 4.78 is 12.3. The Bertz CT molecular complexity index is 118. The fraction of sp³-hybridized carbons (Fsp3) is 0.833. The highest BCUT2D eigenvalue weighted by atomic mass is 32.2. The van der Waals surface area contributed by atoms with Crippen LogP contribution in [0.3, 0.4) is 0 Å². The Morgan fingerprint density at radius 2 is 2.30 bits per heavy atom. The van der Waals surface area contributed by atoms with Gasteiger partial charge in [0.2, 0.25) is 5.50 Å². The number of aliphatic carboxylic acids is 1. The van der Waals surface area contributed by atoms with Crippen LogP contribution < -0.4 is 0 Å². The Hall–Kier alpha value is -0.250. The van der Waals surface area contributed by atoms with E-state index >= 15 is 0 Å². The minimum absolute atomic E-state index is 0.0751. The summed E-state index contributed by atoms with van der Waals surface area (Å²) in [7, 11) is 0. The van der Waals surface area contributed by atoms with Crippen molar-refractivity contribution < 1.29 is 14.3 Å². The molecule has 0 amide bonds. The first-order valence-corrected chi connectivity index (χ1v) is 4.04. The quantitative estimate of drug-likeness (QED) is 0.693. The smallest absolute Gasteiger partial charge is 0.348 e. The standard InChI is InChI=1S/C6H11FO2S/c1-3-4(2)10-5(7)6(8)9/h4-5H,3H2,1-2H3,(H,8,9). The van der Waals surface area contributed by atoms with Crippen LogP contribution in [0.25, 0.3) is 0 Å². The minimum atomic E-state index is -1.77. The van der Waals surface area contributed by atoms with Crippen LogP contribution in [-0.4, -0.2) is 21.8 Å². The number of carboxylic acids is 1. The third-order valence-electron chi connectivity index (χ3n) is 1.12. The number of carboxylic acid groups (broad SMARTS) is 1. The van der Waals surface area contributed by atoms with Gasteiger partial charge >= 0.3 is 5.97 Å². The Kier molecular flexibility index (Phi) is 4.43. The summed E-state index contributed by atoms with van der Waals surface area (Å²) in [5.74, 6) is -1.38. The van der Waals surface area contributed by atoms with Crippen molar-refractivity contribution in [2.75, 3.05) is 0 Å². The molecule has 0 bridgehead atoms. The number of hydrogen-bond acceptors (Lipinski definition) is 2. The van der Waals surface area contributed by atoms with Crippen LogP contribution in [0.2, 0.25) is 0 Å². The fourth-order valence-corrected chi connectivity index (χ4v) is 1.08. The van der Waals surface area contributed by atoms with Gasteiger partial charge in [0.15, 0.2) is 0 Å². The zero-order valence-corrected chi connectivity index (χ0v) is 6.82. The maximum Gasteiger partial charge on any atom is 0.348 e. The van der Waals surface area contributed by atoms with E-state index in [1.54, 1.807) is 6.92 Å². The highest BCUT2D eigenvalue weighted by Crippen LogP contribution is 2.20. The third kappa shape index (κ3) is 3.71. The molecule has 0 aliphatic rings. The zero-order valence-electron chi connectivity index (χ0n) is 6.00. The molecular formula is C6H11FO2S. The van der Waals surface area contributed by atoms with E-state index in [0.717, 1.165) is 18.2 Å². The van der Waals surface area contributed by atoms with Gasteiger partial charge in [-0.1, -0.05) is 13.8 Å². The van der Waals surface area contributed by atoms with Crippen LogP contribution >= 0.6 is 11.8 Å². The van der Waals surface area contributed by atoms with Gasteiger partial charge in [-0.05, 0) is 6.42 Å². The molecule has 0 aliphatic carbocycles. The van der Waals surface area contributed by atoms with E-state index in [1.807, 2.05) is 6.92 Å². The van der Waals surface area contributed by atoms with Crippen molar-refractivity contribution in [3.05, 3.63) is 0 Å². The van der Waals surface area contributed by atoms with E-state index in [1.165, 1.54) is 0 Å². The number of hydrogen-bond donors (Lipinski definition) is 1. The van der Waals surface area contributed by atoms with Crippen molar-refractivity contribution >= 4 is 17.7 Å². The second-order valence-electron chi connectivity index (χ2n) is 2.01. The highest BCUT2D eigenvalue weighted by Gasteiger charge is 2.18. The van der Waals surface area contributed by atoms with E-state index in [0.29, 0.717) is 0 Å². The molecule has 2 atom stereocenters. The highest BCUT2D eigenvalue weighted by molar-refractivity contribution is 8.01. The Morgan fingerprint density at radius 1 is 1.80 bits per heavy atom. The zero-order chi connectivity index (χ0) is 8.15. The van der Waals surface area contributed by atoms with Crippen molar-refractivity contribution in [2.24, 2.45) is 0 Å². The SMILES string of the molecule is CCC(C)SC(F)C(=O)O. The van der Waals surface area contributed by atoms with Crippen molar-refractivity contribution in [1.29, 1.82) is 0 Å². The lowest BCUT2D eigenvalue weighted by molar-refractivity contribution is -0.139. The van der Waals surface area contributed by atoms with Crippen LogP contribution in [0.1, 0.15) is 20.3 Å². The number of carbonyl (C=O) groups is 1. The third-order valence-corrected chi connectivity index (χ3v) is 2.36. The molecule has 0 heterocycles. The second-order valence-corrected chi connectivity index (χ2v) is 3.50. The molecule has 0 aromatic rings. The van der Waals surface area contributed by atoms with Gasteiger partial charge in [-0.15, -0.1) is 11.8 Å². The molecule has 2 unspecified atom stereocenters. The predicted octanol–water partition coefficient (Wildman–Crippen LogP) is 1.90. The first-order valence-electron chi connectivity index (χ1n) is 3.10. The lowest BCUT2D eigenvalue weighted by Crippen LogP contribution is -2.13. The van der Waals surface area contributed by atoms with Gasteiger partial charge in [-0.25, -0.2) is 9.18 Å². The van der Waals surface area contributed by atoms with Crippen molar-refractivity contribution in [3.8, 4) is 0 Å². The molecule has 0 fully saturated rings. The molecule has 0 saturated carbocycles. The summed E-state index contributed by atoms with van der Waals surface area (Å²) in [6.45, 7) is 3.70. The molecular weight excluding hydrogens is 155 g/mol. The Labute approximate surface area is 63.8 Å². The van der Waals surface area contributed by atoms with Gasteiger partial charge in [0.1, 0.15) is 0 Å². The molecule has 4 heteroatoms. The average Bonchev–Trinajstić information content (AvgIpc) is 1.87. The molecule has 0 spiro atoms. The number of halogens is 1. The molecule has 60 valence electrons. The van der Waals surface area contributed by atoms with Crippen LogP contribution in [0.4, 0.5) is 4.39 Å². The van der Waals surface area contributed by atoms with E-state index < -0.39 is 11.5 Å². The predicted molar refractivity (Wildman–Crippen MR) is 39.9 cm³/mol. The maximum atomic E-state index is 12.3. The van der Waals surface area contributed by atoms with E-state index in [9.17, 15) is 9.18 Å². The maximum absolute atomic E-state index is 12.3. The first-order chi connectivity index (χ1) is 4.57. The number of rotatable bonds is 4. The van der Waals surface area contributed by atoms with Gasteiger partial charge in [0, 0.05) is 5.25 Å². The van der Waals surface area contributed by atoms with Gasteiger partial charge in [0.05, 0.1) is 0 Å². The van der Waals surface area contributed by atoms with Gasteiger partial charge in [0.25, 0.3) is 0 Å². The topological polar surface area (TPSA) is 37.3 Å². The molecule has 1 N–H and O–H groups in total. The van der Waals surface area contributed by atoms with Crippen molar-refractivity contribution in [1.82, 2.24) is 0 Å². The first kappa shape index (κ1) is 9.75. The van der Waals surface area contributed by atoms with Gasteiger partial charge < -0.3 is 5.11 Å². The largest absolute Gasteiger partial charge is 0.478 e. The van der Waals surface area contributed by atoms with Gasteiger partial charge in [-0.3, -0.25) is 0 Å². The molecule has 0 rings (SSSR count). The van der Waals surface area contributed by atoms with E-state index in [2.05, 4.69) is 0 Å². The molecule has 0 aliphatic heterocycles. The molecule has 0 radical (unpaired) electrons. The summed E-state index contributed by atoms with van der Waals surface area (Å²) in [4.78, 5) is 9.95. The number of alkyl halides is 1. The average molecular weight is 166 g/mol. The van der Waals surface area contributed by atoms with Crippen molar-refractivity contribution in [3.63, 3.8) is 0 Å². The molecule has 2 nitrogen and oxygen atoms in total. The number of thioether (sulfide) groups is 1. The molecule has 10 heavy (non-hydrogen) atoms. The lowest BCUT2D eigenvalue weighted by atomic mass is 10.4. The summed E-state index contributed by atoms with van der Waals surface area (Å²) in [5.41, 5.74) is -1.77. The van der Waals surface area contributed by atoms with Crippen LogP contribution in [0.5, 0.6) is 0 Å². The van der Waals surface area contributed by atoms with Crippen LogP contribution in [-0.2, 0) is 4.79 Å². The monoisotopic (exact) mass is 166 g/mol. The summed E-state index contributed by atoms with van der Waals surface area (Å²) in [6, 6.07) is 0. The molecule has 0 aromatic carbocycles. The van der Waals surface area contributed by atoms with Crippen molar-refractivity contribution in [2.45, 2.75) is 31.0 Å². The van der Waals surface area contributed by atoms with Gasteiger partial charge in [-0.2, -0.15) is 0 Å². The fourth-order valence-electron chi connectivity index (χ4n) is 0.358.